The zero-order chi connectivity index (χ0) is 20.4. The van der Waals surface area contributed by atoms with Gasteiger partial charge in [0.05, 0.1) is 11.8 Å². The highest BCUT2D eigenvalue weighted by molar-refractivity contribution is 7.22. The van der Waals surface area contributed by atoms with E-state index < -0.39 is 0 Å². The van der Waals surface area contributed by atoms with Gasteiger partial charge in [-0.05, 0) is 52.5 Å². The summed E-state index contributed by atoms with van der Waals surface area (Å²) < 4.78 is 8.19. The minimum atomic E-state index is -0.118. The van der Waals surface area contributed by atoms with E-state index >= 15 is 0 Å². The molecule has 0 atom stereocenters. The van der Waals surface area contributed by atoms with E-state index in [0.29, 0.717) is 17.4 Å². The summed E-state index contributed by atoms with van der Waals surface area (Å²) in [5.41, 5.74) is 3.25. The molecule has 3 rings (SSSR count). The molecule has 2 heterocycles. The summed E-state index contributed by atoms with van der Waals surface area (Å²) in [5, 5.41) is 5.05. The van der Waals surface area contributed by atoms with E-state index in [4.69, 9.17) is 9.72 Å². The highest BCUT2D eigenvalue weighted by atomic mass is 32.1. The van der Waals surface area contributed by atoms with Crippen molar-refractivity contribution in [1.82, 2.24) is 19.7 Å². The number of methoxy groups -OCH3 is 1. The minimum Gasteiger partial charge on any atom is -0.494 e. The molecule has 2 aromatic heterocycles. The lowest BCUT2D eigenvalue weighted by Crippen LogP contribution is -2.34. The first-order valence-corrected chi connectivity index (χ1v) is 10.0. The quantitative estimate of drug-likeness (QED) is 0.608. The maximum Gasteiger partial charge on any atom is 0.280 e. The molecular formula is C20H27N5O2S. The largest absolute Gasteiger partial charge is 0.494 e. The first-order chi connectivity index (χ1) is 13.3. The Hall–Kier alpha value is -2.45. The van der Waals surface area contributed by atoms with Gasteiger partial charge in [0, 0.05) is 25.4 Å². The van der Waals surface area contributed by atoms with Crippen LogP contribution >= 0.6 is 11.3 Å². The number of carbonyl (C=O) groups is 1. The molecule has 0 saturated carbocycles. The van der Waals surface area contributed by atoms with E-state index in [9.17, 15) is 4.79 Å². The second kappa shape index (κ2) is 8.28. The van der Waals surface area contributed by atoms with Crippen LogP contribution in [0.15, 0.2) is 18.3 Å². The van der Waals surface area contributed by atoms with Gasteiger partial charge in [0.25, 0.3) is 5.91 Å². The Morgan fingerprint density at radius 2 is 1.96 bits per heavy atom. The molecule has 0 bridgehead atoms. The molecule has 3 aromatic rings. The fourth-order valence-electron chi connectivity index (χ4n) is 3.15. The van der Waals surface area contributed by atoms with Crippen LogP contribution in [0.2, 0.25) is 0 Å². The third-order valence-electron chi connectivity index (χ3n) is 4.59. The number of thiazole rings is 1. The number of benzene rings is 1. The molecule has 28 heavy (non-hydrogen) atoms. The van der Waals surface area contributed by atoms with Gasteiger partial charge in [-0.15, -0.1) is 0 Å². The van der Waals surface area contributed by atoms with E-state index in [1.54, 1.807) is 16.7 Å². The van der Waals surface area contributed by atoms with Gasteiger partial charge < -0.3 is 9.64 Å². The molecule has 8 heteroatoms. The van der Waals surface area contributed by atoms with Crippen LogP contribution in [0.1, 0.15) is 28.0 Å². The average Bonchev–Trinajstić information content (AvgIpc) is 3.22. The second-order valence-electron chi connectivity index (χ2n) is 7.21. The average molecular weight is 402 g/mol. The summed E-state index contributed by atoms with van der Waals surface area (Å²) in [5.74, 6) is 0.602. The molecule has 0 aliphatic heterocycles. The number of ether oxygens (including phenoxy) is 1. The lowest BCUT2D eigenvalue weighted by atomic mass is 10.2. The summed E-state index contributed by atoms with van der Waals surface area (Å²) in [6.45, 7) is 5.42. The third-order valence-corrected chi connectivity index (χ3v) is 5.80. The van der Waals surface area contributed by atoms with Gasteiger partial charge in [-0.2, -0.15) is 5.10 Å². The van der Waals surface area contributed by atoms with E-state index in [1.165, 1.54) is 11.3 Å². The van der Waals surface area contributed by atoms with Crippen molar-refractivity contribution in [3.63, 3.8) is 0 Å². The minimum absolute atomic E-state index is 0.118. The standard InChI is InChI=1S/C20H27N5O2S/c1-13-8-9-15(27-6)17-18(13)28-20(21-17)25(11-7-10-23(3)4)19(26)16-14(2)12-24(5)22-16/h8-9,12H,7,10-11H2,1-6H3. The number of carbonyl (C=O) groups excluding carboxylic acids is 1. The normalized spacial score (nSPS) is 11.4. The predicted octanol–water partition coefficient (Wildman–Crippen LogP) is 3.25. The molecule has 1 aromatic carbocycles. The first kappa shape index (κ1) is 20.3. The molecule has 0 spiro atoms. The number of hydrogen-bond acceptors (Lipinski definition) is 6. The van der Waals surface area contributed by atoms with Crippen LogP contribution < -0.4 is 9.64 Å². The molecule has 0 N–H and O–H groups in total. The second-order valence-corrected chi connectivity index (χ2v) is 8.18. The van der Waals surface area contributed by atoms with Crippen molar-refractivity contribution in [3.05, 3.63) is 35.2 Å². The topological polar surface area (TPSA) is 63.5 Å². The van der Waals surface area contributed by atoms with Gasteiger partial charge in [-0.1, -0.05) is 17.4 Å². The Balaban J connectivity index is 2.03. The summed E-state index contributed by atoms with van der Waals surface area (Å²) in [6, 6.07) is 3.94. The van der Waals surface area contributed by atoms with Crippen molar-refractivity contribution in [3.8, 4) is 5.75 Å². The smallest absolute Gasteiger partial charge is 0.280 e. The van der Waals surface area contributed by atoms with Gasteiger partial charge in [0.15, 0.2) is 10.8 Å². The Bertz CT molecular complexity index is 992. The fraction of sp³-hybridized carbons (Fsp3) is 0.450. The highest BCUT2D eigenvalue weighted by Crippen LogP contribution is 2.37. The summed E-state index contributed by atoms with van der Waals surface area (Å²) >= 11 is 1.52. The van der Waals surface area contributed by atoms with E-state index in [0.717, 1.165) is 40.1 Å². The molecule has 0 aliphatic carbocycles. The van der Waals surface area contributed by atoms with Gasteiger partial charge in [0.1, 0.15) is 11.3 Å². The van der Waals surface area contributed by atoms with Gasteiger partial charge >= 0.3 is 0 Å². The summed E-state index contributed by atoms with van der Waals surface area (Å²) in [6.07, 6.45) is 2.70. The van der Waals surface area contributed by atoms with Crippen LogP contribution in [-0.4, -0.2) is 59.9 Å². The molecule has 0 aliphatic rings. The molecule has 0 saturated heterocycles. The van der Waals surface area contributed by atoms with Crippen molar-refractivity contribution in [2.45, 2.75) is 20.3 Å². The molecule has 150 valence electrons. The van der Waals surface area contributed by atoms with Gasteiger partial charge in [-0.3, -0.25) is 14.4 Å². The molecule has 7 nitrogen and oxygen atoms in total. The van der Waals surface area contributed by atoms with Gasteiger partial charge in [-0.25, -0.2) is 4.98 Å². The van der Waals surface area contributed by atoms with E-state index in [-0.39, 0.29) is 5.91 Å². The number of nitrogens with zero attached hydrogens (tertiary/aromatic N) is 5. The zero-order valence-corrected chi connectivity index (χ0v) is 18.1. The lowest BCUT2D eigenvalue weighted by Gasteiger charge is -2.20. The number of rotatable bonds is 7. The van der Waals surface area contributed by atoms with Crippen LogP contribution in [0.25, 0.3) is 10.2 Å². The summed E-state index contributed by atoms with van der Waals surface area (Å²) in [4.78, 5) is 22.0. The molecule has 0 fully saturated rings. The summed E-state index contributed by atoms with van der Waals surface area (Å²) in [7, 11) is 7.52. The van der Waals surface area contributed by atoms with E-state index in [1.807, 2.05) is 53.3 Å². The molecule has 0 unspecified atom stereocenters. The van der Waals surface area contributed by atoms with Crippen molar-refractivity contribution in [2.75, 3.05) is 39.2 Å². The van der Waals surface area contributed by atoms with Crippen molar-refractivity contribution < 1.29 is 9.53 Å². The highest BCUT2D eigenvalue weighted by Gasteiger charge is 2.25. The first-order valence-electron chi connectivity index (χ1n) is 9.22. The van der Waals surface area contributed by atoms with Crippen molar-refractivity contribution in [2.24, 2.45) is 7.05 Å². The number of hydrogen-bond donors (Lipinski definition) is 0. The van der Waals surface area contributed by atoms with E-state index in [2.05, 4.69) is 10.00 Å². The Labute approximate surface area is 169 Å². The number of aromatic nitrogens is 3. The van der Waals surface area contributed by atoms with Crippen LogP contribution in [-0.2, 0) is 7.05 Å². The monoisotopic (exact) mass is 401 g/mol. The van der Waals surface area contributed by atoms with Crippen LogP contribution in [0.3, 0.4) is 0 Å². The van der Waals surface area contributed by atoms with Crippen LogP contribution in [0.4, 0.5) is 5.13 Å². The molecule has 1 amide bonds. The zero-order valence-electron chi connectivity index (χ0n) is 17.3. The Morgan fingerprint density at radius 3 is 2.57 bits per heavy atom. The number of fused-ring (bicyclic) bond motifs is 1. The third kappa shape index (κ3) is 4.02. The number of aryl methyl sites for hydroxylation is 3. The number of anilines is 1. The molecular weight excluding hydrogens is 374 g/mol. The van der Waals surface area contributed by atoms with Gasteiger partial charge in [0.2, 0.25) is 0 Å². The van der Waals surface area contributed by atoms with Crippen LogP contribution in [0, 0.1) is 13.8 Å². The predicted molar refractivity (Wildman–Crippen MR) is 114 cm³/mol. The van der Waals surface area contributed by atoms with Crippen molar-refractivity contribution >= 4 is 32.6 Å². The fourth-order valence-corrected chi connectivity index (χ4v) is 4.23. The van der Waals surface area contributed by atoms with Crippen LogP contribution in [0.5, 0.6) is 5.75 Å². The Kier molecular flexibility index (Phi) is 6.00. The molecule has 0 radical (unpaired) electrons. The SMILES string of the molecule is COc1ccc(C)c2sc(N(CCCN(C)C)C(=O)c3nn(C)cc3C)nc12. The maximum absolute atomic E-state index is 13.3. The Morgan fingerprint density at radius 1 is 1.21 bits per heavy atom. The maximum atomic E-state index is 13.3. The lowest BCUT2D eigenvalue weighted by molar-refractivity contribution is 0.0980. The number of amides is 1. The van der Waals surface area contributed by atoms with Crippen molar-refractivity contribution in [1.29, 1.82) is 0 Å².